The van der Waals surface area contributed by atoms with Gasteiger partial charge in [-0.05, 0) is 48.6 Å². The third-order valence-electron chi connectivity index (χ3n) is 5.80. The Labute approximate surface area is 196 Å². The van der Waals surface area contributed by atoms with Crippen molar-refractivity contribution in [3.63, 3.8) is 0 Å². The second kappa shape index (κ2) is 11.8. The Kier molecular flexibility index (Phi) is 8.07. The standard InChI is InChI=1S/C29H31N3O/c33-29(20-19-24-12-4-1-5-13-24)30-22-11-3-8-18-28-31-26-16-9-10-17-27(26)32(28)23-21-25-14-6-2-7-15-25/h1-2,4-7,9-10,12-17,19-20H,3,8,11,18,21-23H2,(H,30,33)/b20-19+. The molecule has 0 saturated heterocycles. The van der Waals surface area contributed by atoms with Gasteiger partial charge in [0.25, 0.3) is 0 Å². The molecule has 1 N–H and O–H groups in total. The molecule has 4 nitrogen and oxygen atoms in total. The molecule has 4 aromatic rings. The second-order valence-corrected chi connectivity index (χ2v) is 8.25. The smallest absolute Gasteiger partial charge is 0.243 e. The first-order chi connectivity index (χ1) is 16.3. The highest BCUT2D eigenvalue weighted by Crippen LogP contribution is 2.19. The van der Waals surface area contributed by atoms with Crippen LogP contribution >= 0.6 is 0 Å². The van der Waals surface area contributed by atoms with E-state index in [1.54, 1.807) is 6.08 Å². The number of hydrogen-bond donors (Lipinski definition) is 1. The summed E-state index contributed by atoms with van der Waals surface area (Å²) in [4.78, 5) is 16.9. The van der Waals surface area contributed by atoms with Gasteiger partial charge in [-0.2, -0.15) is 0 Å². The van der Waals surface area contributed by atoms with Crippen LogP contribution in [0.4, 0.5) is 0 Å². The maximum atomic E-state index is 12.0. The van der Waals surface area contributed by atoms with E-state index in [0.717, 1.165) is 55.6 Å². The summed E-state index contributed by atoms with van der Waals surface area (Å²) in [6.45, 7) is 1.63. The number of aromatic nitrogens is 2. The fourth-order valence-corrected chi connectivity index (χ4v) is 4.04. The van der Waals surface area contributed by atoms with Gasteiger partial charge in [0.05, 0.1) is 11.0 Å². The third kappa shape index (κ3) is 6.66. The molecule has 168 valence electrons. The first-order valence-corrected chi connectivity index (χ1v) is 11.8. The van der Waals surface area contributed by atoms with E-state index in [1.807, 2.05) is 36.4 Å². The van der Waals surface area contributed by atoms with Crippen molar-refractivity contribution in [2.45, 2.75) is 38.6 Å². The number of nitrogens with zero attached hydrogens (tertiary/aromatic N) is 2. The van der Waals surface area contributed by atoms with Crippen LogP contribution in [-0.2, 0) is 24.2 Å². The summed E-state index contributed by atoms with van der Waals surface area (Å²) in [7, 11) is 0. The van der Waals surface area contributed by atoms with Crippen LogP contribution in [0.15, 0.2) is 91.0 Å². The molecule has 0 atom stereocenters. The minimum Gasteiger partial charge on any atom is -0.353 e. The van der Waals surface area contributed by atoms with E-state index in [1.165, 1.54) is 11.1 Å². The van der Waals surface area contributed by atoms with Crippen molar-refractivity contribution in [2.24, 2.45) is 0 Å². The van der Waals surface area contributed by atoms with Gasteiger partial charge >= 0.3 is 0 Å². The molecule has 33 heavy (non-hydrogen) atoms. The van der Waals surface area contributed by atoms with E-state index in [9.17, 15) is 4.79 Å². The summed E-state index contributed by atoms with van der Waals surface area (Å²) in [5.41, 5.74) is 4.65. The number of fused-ring (bicyclic) bond motifs is 1. The Morgan fingerprint density at radius 3 is 2.36 bits per heavy atom. The van der Waals surface area contributed by atoms with Crippen molar-refractivity contribution in [1.29, 1.82) is 0 Å². The van der Waals surface area contributed by atoms with Crippen LogP contribution in [0, 0.1) is 0 Å². The lowest BCUT2D eigenvalue weighted by atomic mass is 10.1. The Morgan fingerprint density at radius 2 is 1.55 bits per heavy atom. The third-order valence-corrected chi connectivity index (χ3v) is 5.80. The van der Waals surface area contributed by atoms with Crippen molar-refractivity contribution >= 4 is 23.0 Å². The highest BCUT2D eigenvalue weighted by Gasteiger charge is 2.10. The molecular weight excluding hydrogens is 406 g/mol. The van der Waals surface area contributed by atoms with Gasteiger partial charge in [0.1, 0.15) is 5.82 Å². The van der Waals surface area contributed by atoms with Crippen LogP contribution in [0.5, 0.6) is 0 Å². The van der Waals surface area contributed by atoms with Crippen molar-refractivity contribution in [1.82, 2.24) is 14.9 Å². The number of para-hydroxylation sites is 2. The molecule has 0 spiro atoms. The first-order valence-electron chi connectivity index (χ1n) is 11.8. The number of nitrogens with one attached hydrogen (secondary N) is 1. The number of benzene rings is 3. The first kappa shape index (κ1) is 22.5. The van der Waals surface area contributed by atoms with Gasteiger partial charge in [0, 0.05) is 25.6 Å². The maximum Gasteiger partial charge on any atom is 0.243 e. The summed E-state index contributed by atoms with van der Waals surface area (Å²) >= 11 is 0. The molecular formula is C29H31N3O. The number of carbonyl (C=O) groups is 1. The van der Waals surface area contributed by atoms with E-state index in [-0.39, 0.29) is 5.91 Å². The number of carbonyl (C=O) groups excluding carboxylic acids is 1. The molecule has 0 aliphatic carbocycles. The predicted molar refractivity (Wildman–Crippen MR) is 136 cm³/mol. The van der Waals surface area contributed by atoms with Gasteiger partial charge < -0.3 is 9.88 Å². The van der Waals surface area contributed by atoms with Crippen molar-refractivity contribution in [2.75, 3.05) is 6.54 Å². The highest BCUT2D eigenvalue weighted by atomic mass is 16.1. The van der Waals surface area contributed by atoms with Gasteiger partial charge in [-0.1, -0.05) is 79.2 Å². The van der Waals surface area contributed by atoms with Crippen LogP contribution in [-0.4, -0.2) is 22.0 Å². The maximum absolute atomic E-state index is 12.0. The van der Waals surface area contributed by atoms with Crippen LogP contribution in [0.3, 0.4) is 0 Å². The summed E-state index contributed by atoms with van der Waals surface area (Å²) < 4.78 is 2.37. The number of unbranched alkanes of at least 4 members (excludes halogenated alkanes) is 2. The molecule has 0 bridgehead atoms. The number of hydrogen-bond acceptors (Lipinski definition) is 2. The predicted octanol–water partition coefficient (Wildman–Crippen LogP) is 5.82. The fraction of sp³-hybridized carbons (Fsp3) is 0.241. The number of rotatable bonds is 11. The van der Waals surface area contributed by atoms with Crippen molar-refractivity contribution < 1.29 is 4.79 Å². The summed E-state index contributed by atoms with van der Waals surface area (Å²) in [6, 6.07) is 28.9. The Balaban J connectivity index is 1.24. The Bertz CT molecular complexity index is 1180. The van der Waals surface area contributed by atoms with E-state index in [4.69, 9.17) is 4.98 Å². The molecule has 0 aliphatic rings. The zero-order chi connectivity index (χ0) is 22.7. The summed E-state index contributed by atoms with van der Waals surface area (Å²) in [5.74, 6) is 1.11. The molecule has 0 unspecified atom stereocenters. The van der Waals surface area contributed by atoms with Crippen LogP contribution in [0.2, 0.25) is 0 Å². The SMILES string of the molecule is O=C(/C=C/c1ccccc1)NCCCCCc1nc2ccccc2n1CCc1ccccc1. The van der Waals surface area contributed by atoms with Crippen LogP contribution in [0.1, 0.15) is 36.2 Å². The van der Waals surface area contributed by atoms with Gasteiger partial charge in [-0.3, -0.25) is 4.79 Å². The number of amides is 1. The molecule has 1 amide bonds. The van der Waals surface area contributed by atoms with Gasteiger partial charge in [0.2, 0.25) is 5.91 Å². The normalized spacial score (nSPS) is 11.3. The summed E-state index contributed by atoms with van der Waals surface area (Å²) in [6.07, 6.45) is 8.48. The average molecular weight is 438 g/mol. The van der Waals surface area contributed by atoms with Crippen molar-refractivity contribution in [3.8, 4) is 0 Å². The minimum absolute atomic E-state index is 0.0402. The highest BCUT2D eigenvalue weighted by molar-refractivity contribution is 5.91. The van der Waals surface area contributed by atoms with E-state index in [2.05, 4.69) is 64.5 Å². The molecule has 4 rings (SSSR count). The lowest BCUT2D eigenvalue weighted by Gasteiger charge is -2.10. The molecule has 1 aromatic heterocycles. The van der Waals surface area contributed by atoms with Crippen molar-refractivity contribution in [3.05, 3.63) is 108 Å². The Morgan fingerprint density at radius 1 is 0.818 bits per heavy atom. The molecule has 0 fully saturated rings. The summed E-state index contributed by atoms with van der Waals surface area (Å²) in [5, 5.41) is 2.98. The van der Waals surface area contributed by atoms with Gasteiger partial charge in [-0.15, -0.1) is 0 Å². The van der Waals surface area contributed by atoms with Gasteiger partial charge in [0.15, 0.2) is 0 Å². The van der Waals surface area contributed by atoms with E-state index >= 15 is 0 Å². The molecule has 3 aromatic carbocycles. The zero-order valence-corrected chi connectivity index (χ0v) is 19.0. The number of imidazole rings is 1. The van der Waals surface area contributed by atoms with E-state index in [0.29, 0.717) is 6.54 Å². The lowest BCUT2D eigenvalue weighted by Crippen LogP contribution is -2.22. The largest absolute Gasteiger partial charge is 0.353 e. The average Bonchev–Trinajstić information content (AvgIpc) is 3.22. The van der Waals surface area contributed by atoms with Gasteiger partial charge in [-0.25, -0.2) is 4.98 Å². The molecule has 4 heteroatoms. The van der Waals surface area contributed by atoms with E-state index < -0.39 is 0 Å². The molecule has 1 heterocycles. The minimum atomic E-state index is -0.0402. The quantitative estimate of drug-likeness (QED) is 0.237. The number of aryl methyl sites for hydroxylation is 3. The lowest BCUT2D eigenvalue weighted by molar-refractivity contribution is -0.116. The molecule has 0 radical (unpaired) electrons. The van der Waals surface area contributed by atoms with Crippen LogP contribution in [0.25, 0.3) is 17.1 Å². The topological polar surface area (TPSA) is 46.9 Å². The molecule has 0 aliphatic heterocycles. The zero-order valence-electron chi connectivity index (χ0n) is 19.0. The fourth-order valence-electron chi connectivity index (χ4n) is 4.04. The monoisotopic (exact) mass is 437 g/mol. The second-order valence-electron chi connectivity index (χ2n) is 8.25. The Hall–Kier alpha value is -3.66. The molecule has 0 saturated carbocycles. The van der Waals surface area contributed by atoms with Crippen LogP contribution < -0.4 is 5.32 Å².